The van der Waals surface area contributed by atoms with Crippen molar-refractivity contribution in [2.75, 3.05) is 0 Å². The molecule has 2 nitrogen and oxygen atoms in total. The van der Waals surface area contributed by atoms with E-state index in [1.54, 1.807) is 6.07 Å². The first kappa shape index (κ1) is 14.4. The summed E-state index contributed by atoms with van der Waals surface area (Å²) >= 11 is 6.14. The fraction of sp³-hybridized carbons (Fsp3) is 0.562. The van der Waals surface area contributed by atoms with Gasteiger partial charge in [0.15, 0.2) is 0 Å². The van der Waals surface area contributed by atoms with Crippen LogP contribution in [0.3, 0.4) is 0 Å². The van der Waals surface area contributed by atoms with Gasteiger partial charge in [-0.2, -0.15) is 5.26 Å². The summed E-state index contributed by atoms with van der Waals surface area (Å²) in [7, 11) is 0. The van der Waals surface area contributed by atoms with Crippen molar-refractivity contribution in [1.29, 1.82) is 5.26 Å². The highest BCUT2D eigenvalue weighted by atomic mass is 35.5. The van der Waals surface area contributed by atoms with Crippen molar-refractivity contribution in [2.45, 2.75) is 45.6 Å². The van der Waals surface area contributed by atoms with Crippen molar-refractivity contribution in [3.8, 4) is 6.07 Å². The van der Waals surface area contributed by atoms with Crippen molar-refractivity contribution < 1.29 is 5.11 Å². The minimum Gasteiger partial charge on any atom is -0.387 e. The molecule has 0 heterocycles. The highest BCUT2D eigenvalue weighted by Crippen LogP contribution is 2.51. The van der Waals surface area contributed by atoms with Gasteiger partial charge in [-0.15, -0.1) is 0 Å². The molecule has 0 spiro atoms. The fourth-order valence-corrected chi connectivity index (χ4v) is 3.05. The molecule has 0 bridgehead atoms. The predicted molar refractivity (Wildman–Crippen MR) is 76.7 cm³/mol. The summed E-state index contributed by atoms with van der Waals surface area (Å²) in [6.07, 6.45) is 2.57. The largest absolute Gasteiger partial charge is 0.387 e. The number of aliphatic hydroxyl groups is 1. The van der Waals surface area contributed by atoms with E-state index >= 15 is 0 Å². The predicted octanol–water partition coefficient (Wildman–Crippen LogP) is 4.48. The summed E-state index contributed by atoms with van der Waals surface area (Å²) in [5.41, 5.74) is 0.242. The molecule has 102 valence electrons. The average Bonchev–Trinajstić information content (AvgIpc) is 2.39. The molecule has 1 atom stereocenters. The lowest BCUT2D eigenvalue weighted by Gasteiger charge is -2.42. The molecule has 3 heteroatoms. The van der Waals surface area contributed by atoms with E-state index in [-0.39, 0.29) is 5.41 Å². The van der Waals surface area contributed by atoms with Crippen LogP contribution in [0.2, 0.25) is 5.02 Å². The molecule has 1 unspecified atom stereocenters. The molecule has 0 amide bonds. The summed E-state index contributed by atoms with van der Waals surface area (Å²) in [4.78, 5) is 0. The molecule has 19 heavy (non-hydrogen) atoms. The van der Waals surface area contributed by atoms with Gasteiger partial charge in [0.1, 0.15) is 0 Å². The Labute approximate surface area is 120 Å². The van der Waals surface area contributed by atoms with Crippen molar-refractivity contribution in [3.63, 3.8) is 0 Å². The van der Waals surface area contributed by atoms with Crippen LogP contribution in [0.25, 0.3) is 0 Å². The van der Waals surface area contributed by atoms with E-state index < -0.39 is 11.5 Å². The number of nitrogens with zero attached hydrogens (tertiary/aromatic N) is 1. The highest BCUT2D eigenvalue weighted by Gasteiger charge is 2.44. The Morgan fingerprint density at radius 1 is 1.21 bits per heavy atom. The normalized spacial score (nSPS) is 22.5. The number of halogens is 1. The summed E-state index contributed by atoms with van der Waals surface area (Å²) in [6.45, 7) is 4.44. The quantitative estimate of drug-likeness (QED) is 0.866. The molecular weight excluding hydrogens is 258 g/mol. The minimum absolute atomic E-state index is 0.264. The van der Waals surface area contributed by atoms with Gasteiger partial charge in [0.2, 0.25) is 0 Å². The molecular formula is C16H20ClNO. The second-order valence-electron chi connectivity index (χ2n) is 6.36. The lowest BCUT2D eigenvalue weighted by atomic mass is 9.62. The van der Waals surface area contributed by atoms with Crippen LogP contribution in [-0.2, 0) is 0 Å². The van der Waals surface area contributed by atoms with Gasteiger partial charge in [0.25, 0.3) is 0 Å². The molecule has 1 saturated carbocycles. The van der Waals surface area contributed by atoms with Crippen LogP contribution in [0.1, 0.15) is 51.2 Å². The number of nitriles is 1. The van der Waals surface area contributed by atoms with Crippen molar-refractivity contribution in [3.05, 3.63) is 34.9 Å². The number of rotatable bonds is 2. The van der Waals surface area contributed by atoms with Gasteiger partial charge in [-0.25, -0.2) is 0 Å². The molecule has 0 aromatic heterocycles. The summed E-state index contributed by atoms with van der Waals surface area (Å²) in [6, 6.07) is 9.63. The molecule has 1 aromatic carbocycles. The van der Waals surface area contributed by atoms with Crippen molar-refractivity contribution in [1.82, 2.24) is 0 Å². The number of hydrogen-bond acceptors (Lipinski definition) is 2. The van der Waals surface area contributed by atoms with E-state index in [0.29, 0.717) is 10.6 Å². The lowest BCUT2D eigenvalue weighted by molar-refractivity contribution is 0.00962. The van der Waals surface area contributed by atoms with Crippen molar-refractivity contribution in [2.24, 2.45) is 10.8 Å². The summed E-state index contributed by atoms with van der Waals surface area (Å²) in [5.74, 6) is 0. The molecule has 2 rings (SSSR count). The first-order valence-electron chi connectivity index (χ1n) is 6.74. The monoisotopic (exact) mass is 277 g/mol. The average molecular weight is 278 g/mol. The van der Waals surface area contributed by atoms with E-state index in [1.165, 1.54) is 0 Å². The van der Waals surface area contributed by atoms with E-state index in [9.17, 15) is 10.4 Å². The van der Waals surface area contributed by atoms with Gasteiger partial charge in [-0.1, -0.05) is 43.6 Å². The second-order valence-corrected chi connectivity index (χ2v) is 6.76. The van der Waals surface area contributed by atoms with Crippen LogP contribution in [0.15, 0.2) is 24.3 Å². The Bertz CT molecular complexity index is 494. The Morgan fingerprint density at radius 3 is 2.32 bits per heavy atom. The lowest BCUT2D eigenvalue weighted by Crippen LogP contribution is -2.35. The smallest absolute Gasteiger partial charge is 0.0990 e. The third-order valence-corrected chi connectivity index (χ3v) is 4.79. The zero-order chi connectivity index (χ0) is 14.1. The van der Waals surface area contributed by atoms with E-state index in [0.717, 1.165) is 25.7 Å². The van der Waals surface area contributed by atoms with Gasteiger partial charge in [0.05, 0.1) is 17.6 Å². The third kappa shape index (κ3) is 2.78. The van der Waals surface area contributed by atoms with Crippen LogP contribution < -0.4 is 0 Å². The number of benzene rings is 1. The molecule has 0 aliphatic heterocycles. The van der Waals surface area contributed by atoms with Gasteiger partial charge >= 0.3 is 0 Å². The fourth-order valence-electron chi connectivity index (χ4n) is 2.81. The number of aliphatic hydroxyl groups excluding tert-OH is 1. The van der Waals surface area contributed by atoms with E-state index in [1.807, 2.05) is 18.2 Å². The zero-order valence-electron chi connectivity index (χ0n) is 11.5. The van der Waals surface area contributed by atoms with Crippen LogP contribution in [-0.4, -0.2) is 5.11 Å². The van der Waals surface area contributed by atoms with Crippen LogP contribution in [0, 0.1) is 22.2 Å². The first-order valence-corrected chi connectivity index (χ1v) is 7.12. The summed E-state index contributed by atoms with van der Waals surface area (Å²) < 4.78 is 0. The highest BCUT2D eigenvalue weighted by molar-refractivity contribution is 6.31. The van der Waals surface area contributed by atoms with Gasteiger partial charge in [-0.05, 0) is 37.2 Å². The van der Waals surface area contributed by atoms with E-state index in [4.69, 9.17) is 11.6 Å². The maximum atomic E-state index is 10.6. The van der Waals surface area contributed by atoms with Crippen LogP contribution in [0.5, 0.6) is 0 Å². The first-order chi connectivity index (χ1) is 8.90. The van der Waals surface area contributed by atoms with Gasteiger partial charge in [-0.3, -0.25) is 0 Å². The molecule has 1 aliphatic carbocycles. The molecule has 1 aliphatic rings. The summed E-state index contributed by atoms with van der Waals surface area (Å²) in [5, 5.41) is 20.8. The molecule has 1 aromatic rings. The number of hydrogen-bond donors (Lipinski definition) is 1. The molecule has 0 radical (unpaired) electrons. The van der Waals surface area contributed by atoms with Crippen molar-refractivity contribution >= 4 is 11.6 Å². The Hall–Kier alpha value is -1.04. The van der Waals surface area contributed by atoms with Crippen LogP contribution >= 0.6 is 11.6 Å². The van der Waals surface area contributed by atoms with Gasteiger partial charge < -0.3 is 5.11 Å². The van der Waals surface area contributed by atoms with E-state index in [2.05, 4.69) is 19.9 Å². The Kier molecular flexibility index (Phi) is 3.90. The topological polar surface area (TPSA) is 44.0 Å². The molecule has 1 fully saturated rings. The van der Waals surface area contributed by atoms with Gasteiger partial charge in [0, 0.05) is 10.6 Å². The zero-order valence-corrected chi connectivity index (χ0v) is 12.2. The Morgan fingerprint density at radius 2 is 1.79 bits per heavy atom. The minimum atomic E-state index is -0.803. The molecule has 0 saturated heterocycles. The third-order valence-electron chi connectivity index (χ3n) is 4.44. The maximum Gasteiger partial charge on any atom is 0.0990 e. The Balaban J connectivity index is 2.29. The van der Waals surface area contributed by atoms with Crippen LogP contribution in [0.4, 0.5) is 0 Å². The molecule has 1 N–H and O–H groups in total. The SMILES string of the molecule is CC1(C)CCC(C#N)(C(O)c2ccccc2Cl)CC1. The maximum absolute atomic E-state index is 10.6. The standard InChI is InChI=1S/C16H20ClNO/c1-15(2)7-9-16(11-18,10-8-15)14(19)12-5-3-4-6-13(12)17/h3-6,14,19H,7-10H2,1-2H3. The second kappa shape index (κ2) is 5.15.